The molecule has 1 rings (SSSR count). The average molecular weight is 386 g/mol. The Morgan fingerprint density at radius 1 is 0.400 bits per heavy atom. The fourth-order valence-electron chi connectivity index (χ4n) is 1.05. The van der Waals surface area contributed by atoms with Gasteiger partial charge in [-0.2, -0.15) is 0 Å². The van der Waals surface area contributed by atoms with Gasteiger partial charge in [0.15, 0.2) is 0 Å². The van der Waals surface area contributed by atoms with E-state index >= 15 is 0 Å². The summed E-state index contributed by atoms with van der Waals surface area (Å²) in [6, 6.07) is 0. The summed E-state index contributed by atoms with van der Waals surface area (Å²) in [5.74, 6) is 0. The van der Waals surface area contributed by atoms with E-state index in [1.165, 1.54) is 0 Å². The number of hydrogen-bond donors (Lipinski definition) is 0. The van der Waals surface area contributed by atoms with Gasteiger partial charge in [-0.3, -0.25) is 0 Å². The summed E-state index contributed by atoms with van der Waals surface area (Å²) >= 11 is 35.3. The van der Waals surface area contributed by atoms with Crippen LogP contribution in [0.15, 0.2) is 0 Å². The van der Waals surface area contributed by atoms with Gasteiger partial charge in [0, 0.05) is 0 Å². The minimum Gasteiger partial charge on any atom is -1.00 e. The quantitative estimate of drug-likeness (QED) is 0.314. The van der Waals surface area contributed by atoms with Crippen molar-refractivity contribution in [2.24, 2.45) is 0 Å². The van der Waals surface area contributed by atoms with Crippen molar-refractivity contribution in [2.75, 3.05) is 0 Å². The van der Waals surface area contributed by atoms with Crippen molar-refractivity contribution < 1.29 is 24.8 Å². The smallest absolute Gasteiger partial charge is 1.00 e. The van der Waals surface area contributed by atoms with E-state index in [1.807, 2.05) is 0 Å². The Balaban J connectivity index is -0.000000480. The zero-order chi connectivity index (χ0) is 9.46. The minimum absolute atomic E-state index is 0. The molecular formula is C6H6Cl8Mg. The van der Waals surface area contributed by atoms with Gasteiger partial charge in [-0.1, -0.05) is 0 Å². The number of rotatable bonds is 0. The maximum Gasteiger partial charge on any atom is 2.00 e. The van der Waals surface area contributed by atoms with E-state index in [-0.39, 0.29) is 47.9 Å². The number of hydrogen-bond acceptors (Lipinski definition) is 0. The molecule has 1 aliphatic carbocycles. The first kappa shape index (κ1) is 23.2. The van der Waals surface area contributed by atoms with Crippen molar-refractivity contribution in [2.45, 2.75) is 32.3 Å². The summed E-state index contributed by atoms with van der Waals surface area (Å²) in [6.07, 6.45) is 0. The molecular weight excluding hydrogens is 380 g/mol. The SMILES string of the molecule is ClC1C(Cl)C(Cl)C(Cl)C(Cl)C1Cl.[Cl-].[Cl-].[Mg+2]. The summed E-state index contributed by atoms with van der Waals surface area (Å²) < 4.78 is 0. The minimum atomic E-state index is -0.437. The molecule has 0 nitrogen and oxygen atoms in total. The molecule has 0 aromatic carbocycles. The third-order valence-corrected chi connectivity index (χ3v) is 5.86. The average Bonchev–Trinajstić information content (AvgIpc) is 2.08. The van der Waals surface area contributed by atoms with Gasteiger partial charge in [0.1, 0.15) is 0 Å². The van der Waals surface area contributed by atoms with E-state index in [2.05, 4.69) is 0 Å². The molecule has 1 fully saturated rings. The monoisotopic (exact) mass is 382 g/mol. The Labute approximate surface area is 148 Å². The summed E-state index contributed by atoms with van der Waals surface area (Å²) in [6.45, 7) is 0. The van der Waals surface area contributed by atoms with Crippen molar-refractivity contribution in [3.05, 3.63) is 0 Å². The molecule has 0 atom stereocenters. The molecule has 9 heteroatoms. The second kappa shape index (κ2) is 9.94. The van der Waals surface area contributed by atoms with Gasteiger partial charge in [-0.05, 0) is 0 Å². The number of alkyl halides is 6. The Morgan fingerprint density at radius 2 is 0.467 bits per heavy atom. The van der Waals surface area contributed by atoms with Crippen molar-refractivity contribution in [3.8, 4) is 0 Å². The van der Waals surface area contributed by atoms with Gasteiger partial charge in [0.2, 0.25) is 0 Å². The van der Waals surface area contributed by atoms with Gasteiger partial charge in [0.05, 0.1) is 32.3 Å². The van der Waals surface area contributed by atoms with Crippen molar-refractivity contribution in [3.63, 3.8) is 0 Å². The third-order valence-electron chi connectivity index (χ3n) is 1.83. The predicted molar refractivity (Wildman–Crippen MR) is 63.6 cm³/mol. The second-order valence-electron chi connectivity index (χ2n) is 2.67. The zero-order valence-corrected chi connectivity index (χ0v) is 14.7. The predicted octanol–water partition coefficient (Wildman–Crippen LogP) is -2.73. The van der Waals surface area contributed by atoms with Crippen LogP contribution in [0, 0.1) is 0 Å². The molecule has 0 aromatic heterocycles. The van der Waals surface area contributed by atoms with Crippen LogP contribution in [0.3, 0.4) is 0 Å². The maximum atomic E-state index is 5.88. The van der Waals surface area contributed by atoms with Crippen LogP contribution in [0.2, 0.25) is 0 Å². The first-order valence-corrected chi connectivity index (χ1v) is 5.93. The molecule has 0 N–H and O–H groups in total. The largest absolute Gasteiger partial charge is 2.00 e. The molecule has 0 aromatic rings. The summed E-state index contributed by atoms with van der Waals surface area (Å²) in [5, 5.41) is -2.62. The fourth-order valence-corrected chi connectivity index (χ4v) is 3.38. The van der Waals surface area contributed by atoms with Crippen LogP contribution in [0.1, 0.15) is 0 Å². The second-order valence-corrected chi connectivity index (χ2v) is 5.69. The Hall–Kier alpha value is 3.09. The van der Waals surface area contributed by atoms with E-state index in [1.54, 1.807) is 0 Å². The number of halogens is 8. The van der Waals surface area contributed by atoms with Crippen LogP contribution in [0.4, 0.5) is 0 Å². The molecule has 88 valence electrons. The zero-order valence-electron chi connectivity index (χ0n) is 7.19. The molecule has 1 saturated carbocycles. The van der Waals surface area contributed by atoms with Crippen LogP contribution in [-0.2, 0) is 0 Å². The van der Waals surface area contributed by atoms with E-state index in [4.69, 9.17) is 69.6 Å². The van der Waals surface area contributed by atoms with E-state index < -0.39 is 32.3 Å². The molecule has 0 unspecified atom stereocenters. The molecule has 0 radical (unpaired) electrons. The van der Waals surface area contributed by atoms with Gasteiger partial charge >= 0.3 is 23.1 Å². The Morgan fingerprint density at radius 3 is 0.533 bits per heavy atom. The third kappa shape index (κ3) is 5.30. The van der Waals surface area contributed by atoms with Gasteiger partial charge in [0.25, 0.3) is 0 Å². The summed E-state index contributed by atoms with van der Waals surface area (Å²) in [4.78, 5) is 0. The van der Waals surface area contributed by atoms with Crippen molar-refractivity contribution in [1.29, 1.82) is 0 Å². The van der Waals surface area contributed by atoms with Crippen molar-refractivity contribution >= 4 is 92.7 Å². The summed E-state index contributed by atoms with van der Waals surface area (Å²) in [7, 11) is 0. The molecule has 0 bridgehead atoms. The van der Waals surface area contributed by atoms with Crippen LogP contribution in [0.25, 0.3) is 0 Å². The van der Waals surface area contributed by atoms with E-state index in [0.29, 0.717) is 0 Å². The van der Waals surface area contributed by atoms with Crippen LogP contribution < -0.4 is 24.8 Å². The molecule has 1 aliphatic rings. The molecule has 0 saturated heterocycles. The van der Waals surface area contributed by atoms with Gasteiger partial charge < -0.3 is 24.8 Å². The normalized spacial score (nSPS) is 44.4. The molecule has 0 amide bonds. The Kier molecular flexibility index (Phi) is 15.4. The Bertz CT molecular complexity index is 111. The van der Waals surface area contributed by atoms with E-state index in [9.17, 15) is 0 Å². The maximum absolute atomic E-state index is 5.88. The topological polar surface area (TPSA) is 0 Å². The van der Waals surface area contributed by atoms with Crippen molar-refractivity contribution in [1.82, 2.24) is 0 Å². The van der Waals surface area contributed by atoms with Crippen LogP contribution in [0.5, 0.6) is 0 Å². The molecule has 15 heavy (non-hydrogen) atoms. The first-order valence-electron chi connectivity index (χ1n) is 3.31. The standard InChI is InChI=1S/C6H6Cl6.2ClH.Mg/c7-1-2(8)4(10)6(12)5(11)3(1)9;;;/h1-6H;2*1H;/q;;;+2/p-2. The van der Waals surface area contributed by atoms with Gasteiger partial charge in [-0.25, -0.2) is 0 Å². The van der Waals surface area contributed by atoms with Crippen LogP contribution >= 0.6 is 69.6 Å². The first-order chi connectivity index (χ1) is 5.46. The van der Waals surface area contributed by atoms with Crippen LogP contribution in [-0.4, -0.2) is 55.3 Å². The molecule has 0 aliphatic heterocycles. The summed E-state index contributed by atoms with van der Waals surface area (Å²) in [5.41, 5.74) is 0. The fraction of sp³-hybridized carbons (Fsp3) is 1.00. The van der Waals surface area contributed by atoms with E-state index in [0.717, 1.165) is 0 Å². The molecule has 0 heterocycles. The molecule has 0 spiro atoms. The van der Waals surface area contributed by atoms with Gasteiger partial charge in [-0.15, -0.1) is 69.6 Å².